The van der Waals surface area contributed by atoms with Crippen LogP contribution in [0.5, 0.6) is 5.75 Å². The first kappa shape index (κ1) is 15.8. The minimum Gasteiger partial charge on any atom is -0.482 e. The van der Waals surface area contributed by atoms with Crippen molar-refractivity contribution < 1.29 is 23.8 Å². The van der Waals surface area contributed by atoms with Gasteiger partial charge in [0.15, 0.2) is 6.61 Å². The number of carboxylic acid groups (broad SMARTS) is 1. The van der Waals surface area contributed by atoms with Crippen molar-refractivity contribution in [3.05, 3.63) is 58.9 Å². The highest BCUT2D eigenvalue weighted by Crippen LogP contribution is 2.25. The van der Waals surface area contributed by atoms with Crippen molar-refractivity contribution in [1.82, 2.24) is 0 Å². The van der Waals surface area contributed by atoms with Crippen LogP contribution in [0.2, 0.25) is 5.02 Å². The van der Waals surface area contributed by atoms with Crippen LogP contribution < -0.4 is 10.1 Å². The summed E-state index contributed by atoms with van der Waals surface area (Å²) in [6, 6.07) is 9.20. The number of amides is 1. The number of benzene rings is 2. The van der Waals surface area contributed by atoms with E-state index in [1.807, 2.05) is 0 Å². The molecule has 0 saturated carbocycles. The van der Waals surface area contributed by atoms with Crippen LogP contribution in [-0.2, 0) is 4.79 Å². The molecule has 22 heavy (non-hydrogen) atoms. The molecule has 1 amide bonds. The largest absolute Gasteiger partial charge is 0.482 e. The first-order chi connectivity index (χ1) is 10.5. The van der Waals surface area contributed by atoms with Gasteiger partial charge >= 0.3 is 5.97 Å². The van der Waals surface area contributed by atoms with E-state index in [9.17, 15) is 14.0 Å². The molecule has 0 bridgehead atoms. The van der Waals surface area contributed by atoms with Crippen LogP contribution in [0.3, 0.4) is 0 Å². The summed E-state index contributed by atoms with van der Waals surface area (Å²) in [4.78, 5) is 22.5. The lowest BCUT2D eigenvalue weighted by molar-refractivity contribution is -0.118. The average molecular weight is 324 g/mol. The molecule has 0 atom stereocenters. The molecular weight excluding hydrogens is 313 g/mol. The summed E-state index contributed by atoms with van der Waals surface area (Å²) in [6.45, 7) is -0.316. The predicted octanol–water partition coefficient (Wildman–Crippen LogP) is 3.19. The fourth-order valence-electron chi connectivity index (χ4n) is 1.62. The molecule has 0 fully saturated rings. The highest BCUT2D eigenvalue weighted by Gasteiger charge is 2.10. The van der Waals surface area contributed by atoms with Crippen molar-refractivity contribution >= 4 is 29.2 Å². The van der Waals surface area contributed by atoms with E-state index >= 15 is 0 Å². The minimum absolute atomic E-state index is 0.0214. The molecule has 0 spiro atoms. The number of carboxylic acids is 1. The monoisotopic (exact) mass is 323 g/mol. The third-order valence-corrected chi connectivity index (χ3v) is 2.96. The van der Waals surface area contributed by atoms with Gasteiger partial charge in [-0.05, 0) is 42.5 Å². The summed E-state index contributed by atoms with van der Waals surface area (Å²) < 4.78 is 18.0. The molecule has 5 nitrogen and oxygen atoms in total. The minimum atomic E-state index is -1.11. The van der Waals surface area contributed by atoms with E-state index in [-0.39, 0.29) is 22.9 Å². The highest BCUT2D eigenvalue weighted by molar-refractivity contribution is 6.32. The second kappa shape index (κ2) is 6.91. The number of hydrogen-bond acceptors (Lipinski definition) is 3. The van der Waals surface area contributed by atoms with E-state index in [1.165, 1.54) is 42.5 Å². The molecule has 2 aromatic rings. The summed E-state index contributed by atoms with van der Waals surface area (Å²) in [7, 11) is 0. The number of anilines is 1. The average Bonchev–Trinajstić information content (AvgIpc) is 2.48. The first-order valence-electron chi connectivity index (χ1n) is 6.17. The molecule has 0 heterocycles. The third-order valence-electron chi connectivity index (χ3n) is 2.67. The van der Waals surface area contributed by atoms with Gasteiger partial charge in [0, 0.05) is 5.69 Å². The Morgan fingerprint density at radius 2 is 1.86 bits per heavy atom. The Labute approximate surface area is 130 Å². The Morgan fingerprint density at radius 3 is 2.45 bits per heavy atom. The van der Waals surface area contributed by atoms with E-state index in [1.54, 1.807) is 0 Å². The Balaban J connectivity index is 1.93. The Bertz CT molecular complexity index is 703. The van der Waals surface area contributed by atoms with Crippen LogP contribution in [0.25, 0.3) is 0 Å². The summed E-state index contributed by atoms with van der Waals surface area (Å²) in [5.74, 6) is -1.77. The predicted molar refractivity (Wildman–Crippen MR) is 78.9 cm³/mol. The summed E-state index contributed by atoms with van der Waals surface area (Å²) >= 11 is 5.87. The molecule has 0 saturated heterocycles. The lowest BCUT2D eigenvalue weighted by Gasteiger charge is -2.09. The van der Waals surface area contributed by atoms with Gasteiger partial charge in [0.1, 0.15) is 11.6 Å². The van der Waals surface area contributed by atoms with Crippen molar-refractivity contribution in [2.24, 2.45) is 0 Å². The van der Waals surface area contributed by atoms with Crippen LogP contribution in [0, 0.1) is 5.82 Å². The maximum absolute atomic E-state index is 12.7. The van der Waals surface area contributed by atoms with Crippen molar-refractivity contribution in [3.63, 3.8) is 0 Å². The molecule has 0 unspecified atom stereocenters. The summed E-state index contributed by atoms with van der Waals surface area (Å²) in [5.41, 5.74) is 0.454. The van der Waals surface area contributed by atoms with Gasteiger partial charge in [-0.2, -0.15) is 0 Å². The van der Waals surface area contributed by atoms with Gasteiger partial charge in [0.2, 0.25) is 0 Å². The lowest BCUT2D eigenvalue weighted by atomic mass is 10.2. The molecule has 0 radical (unpaired) electrons. The zero-order valence-electron chi connectivity index (χ0n) is 11.2. The standard InChI is InChI=1S/C15H11ClFNO4/c16-12-7-9(15(20)21)1-6-13(12)22-8-14(19)18-11-4-2-10(17)3-5-11/h1-7H,8H2,(H,18,19)(H,20,21). The fourth-order valence-corrected chi connectivity index (χ4v) is 1.86. The number of rotatable bonds is 5. The smallest absolute Gasteiger partial charge is 0.335 e. The number of nitrogens with one attached hydrogen (secondary N) is 1. The van der Waals surface area contributed by atoms with Crippen LogP contribution in [0.4, 0.5) is 10.1 Å². The Kier molecular flexibility index (Phi) is 4.95. The third kappa shape index (κ3) is 4.20. The topological polar surface area (TPSA) is 75.6 Å². The van der Waals surface area contributed by atoms with Crippen LogP contribution >= 0.6 is 11.6 Å². The van der Waals surface area contributed by atoms with Crippen LogP contribution in [-0.4, -0.2) is 23.6 Å². The quantitative estimate of drug-likeness (QED) is 0.886. The zero-order chi connectivity index (χ0) is 16.1. The number of ether oxygens (including phenoxy) is 1. The number of carbonyl (C=O) groups is 2. The zero-order valence-corrected chi connectivity index (χ0v) is 11.9. The van der Waals surface area contributed by atoms with Gasteiger partial charge in [-0.1, -0.05) is 11.6 Å². The second-order valence-electron chi connectivity index (χ2n) is 4.29. The van der Waals surface area contributed by atoms with Crippen molar-refractivity contribution in [1.29, 1.82) is 0 Å². The maximum atomic E-state index is 12.7. The molecule has 114 valence electrons. The molecule has 2 N–H and O–H groups in total. The SMILES string of the molecule is O=C(COc1ccc(C(=O)O)cc1Cl)Nc1ccc(F)cc1. The first-order valence-corrected chi connectivity index (χ1v) is 6.54. The normalized spacial score (nSPS) is 10.1. The van der Waals surface area contributed by atoms with E-state index < -0.39 is 17.7 Å². The molecule has 2 rings (SSSR count). The molecule has 7 heteroatoms. The van der Waals surface area contributed by atoms with Gasteiger partial charge in [0.05, 0.1) is 10.6 Å². The number of halogens is 2. The van der Waals surface area contributed by atoms with Crippen molar-refractivity contribution in [2.45, 2.75) is 0 Å². The van der Waals surface area contributed by atoms with Crippen molar-refractivity contribution in [3.8, 4) is 5.75 Å². The highest BCUT2D eigenvalue weighted by atomic mass is 35.5. The fraction of sp³-hybridized carbons (Fsp3) is 0.0667. The lowest BCUT2D eigenvalue weighted by Crippen LogP contribution is -2.20. The number of aromatic carboxylic acids is 1. The molecule has 0 aromatic heterocycles. The van der Waals surface area contributed by atoms with E-state index in [2.05, 4.69) is 5.32 Å². The van der Waals surface area contributed by atoms with E-state index in [0.29, 0.717) is 5.69 Å². The Morgan fingerprint density at radius 1 is 1.18 bits per heavy atom. The molecule has 0 aliphatic heterocycles. The van der Waals surface area contributed by atoms with Gasteiger partial charge in [-0.15, -0.1) is 0 Å². The van der Waals surface area contributed by atoms with Gasteiger partial charge in [-0.25, -0.2) is 9.18 Å². The van der Waals surface area contributed by atoms with Crippen molar-refractivity contribution in [2.75, 3.05) is 11.9 Å². The molecule has 0 aliphatic rings. The van der Waals surface area contributed by atoms with Gasteiger partial charge in [-0.3, -0.25) is 4.79 Å². The van der Waals surface area contributed by atoms with Gasteiger partial charge < -0.3 is 15.2 Å². The maximum Gasteiger partial charge on any atom is 0.335 e. The summed E-state index contributed by atoms with van der Waals surface area (Å²) in [5, 5.41) is 11.4. The molecule has 0 aliphatic carbocycles. The summed E-state index contributed by atoms with van der Waals surface area (Å²) in [6.07, 6.45) is 0. The van der Waals surface area contributed by atoms with E-state index in [0.717, 1.165) is 0 Å². The molecular formula is C15H11ClFNO4. The van der Waals surface area contributed by atoms with E-state index in [4.69, 9.17) is 21.4 Å². The second-order valence-corrected chi connectivity index (χ2v) is 4.70. The van der Waals surface area contributed by atoms with Crippen LogP contribution in [0.1, 0.15) is 10.4 Å². The molecule has 2 aromatic carbocycles. The van der Waals surface area contributed by atoms with Gasteiger partial charge in [0.25, 0.3) is 5.91 Å². The number of carbonyl (C=O) groups excluding carboxylic acids is 1. The Hall–Kier alpha value is -2.60. The number of hydrogen-bond donors (Lipinski definition) is 2. The van der Waals surface area contributed by atoms with Crippen LogP contribution in [0.15, 0.2) is 42.5 Å².